The van der Waals surface area contributed by atoms with Gasteiger partial charge < -0.3 is 5.11 Å². The van der Waals surface area contributed by atoms with E-state index in [1.807, 2.05) is 24.3 Å². The monoisotopic (exact) mass is 265 g/mol. The van der Waals surface area contributed by atoms with Gasteiger partial charge in [-0.25, -0.2) is 0 Å². The van der Waals surface area contributed by atoms with Gasteiger partial charge in [0.25, 0.3) is 0 Å². The lowest BCUT2D eigenvalue weighted by Gasteiger charge is -2.21. The summed E-state index contributed by atoms with van der Waals surface area (Å²) >= 11 is 6.12. The third-order valence-electron chi connectivity index (χ3n) is 4.50. The van der Waals surface area contributed by atoms with E-state index in [0.29, 0.717) is 5.02 Å². The molecule has 1 N–H and O–H groups in total. The van der Waals surface area contributed by atoms with E-state index in [2.05, 4.69) is 4.90 Å². The van der Waals surface area contributed by atoms with Crippen molar-refractivity contribution in [3.8, 4) is 0 Å². The summed E-state index contributed by atoms with van der Waals surface area (Å²) in [5.41, 5.74) is 0.858. The van der Waals surface area contributed by atoms with Gasteiger partial charge in [0.05, 0.1) is 6.10 Å². The molecule has 1 aromatic rings. The molecule has 3 heteroatoms. The molecule has 98 valence electrons. The molecular weight excluding hydrogens is 246 g/mol. The summed E-state index contributed by atoms with van der Waals surface area (Å²) in [5.74, 6) is 1.76. The number of nitrogens with zero attached hydrogens (tertiary/aromatic N) is 1. The molecule has 0 aromatic heterocycles. The standard InChI is InChI=1S/C15H20ClNO/c16-14-7-2-1-6-13(14)15(18)10-17-8-11-4-3-5-12(11)9-17/h1-2,6-7,11-12,15,18H,3-5,8-10H2. The Morgan fingerprint density at radius 2 is 1.89 bits per heavy atom. The van der Waals surface area contributed by atoms with Gasteiger partial charge in [-0.3, -0.25) is 4.90 Å². The Bertz CT molecular complexity index is 411. The number of halogens is 1. The molecule has 18 heavy (non-hydrogen) atoms. The van der Waals surface area contributed by atoms with Crippen LogP contribution in [0.15, 0.2) is 24.3 Å². The Labute approximate surface area is 114 Å². The SMILES string of the molecule is OC(CN1CC2CCCC2C1)c1ccccc1Cl. The molecule has 3 atom stereocenters. The lowest BCUT2D eigenvalue weighted by atomic mass is 10.0. The van der Waals surface area contributed by atoms with Crippen molar-refractivity contribution in [2.45, 2.75) is 25.4 Å². The molecule has 1 heterocycles. The van der Waals surface area contributed by atoms with E-state index in [1.165, 1.54) is 19.3 Å². The first-order chi connectivity index (χ1) is 8.74. The smallest absolute Gasteiger partial charge is 0.0931 e. The molecule has 0 amide bonds. The molecule has 1 aromatic carbocycles. The minimum atomic E-state index is -0.461. The summed E-state index contributed by atoms with van der Waals surface area (Å²) in [6.45, 7) is 3.04. The summed E-state index contributed by atoms with van der Waals surface area (Å²) in [7, 11) is 0. The second-order valence-corrected chi connectivity index (χ2v) is 6.11. The zero-order valence-electron chi connectivity index (χ0n) is 10.6. The predicted molar refractivity (Wildman–Crippen MR) is 73.7 cm³/mol. The number of hydrogen-bond acceptors (Lipinski definition) is 2. The summed E-state index contributed by atoms with van der Waals surface area (Å²) in [6, 6.07) is 7.60. The molecule has 1 aliphatic heterocycles. The first-order valence-electron chi connectivity index (χ1n) is 6.89. The van der Waals surface area contributed by atoms with Crippen LogP contribution >= 0.6 is 11.6 Å². The Morgan fingerprint density at radius 1 is 1.22 bits per heavy atom. The van der Waals surface area contributed by atoms with Gasteiger partial charge in [-0.15, -0.1) is 0 Å². The quantitative estimate of drug-likeness (QED) is 0.908. The van der Waals surface area contributed by atoms with Crippen LogP contribution in [0.1, 0.15) is 30.9 Å². The van der Waals surface area contributed by atoms with Gasteiger partial charge in [0, 0.05) is 30.2 Å². The van der Waals surface area contributed by atoms with Crippen LogP contribution in [-0.4, -0.2) is 29.6 Å². The summed E-state index contributed by atoms with van der Waals surface area (Å²) in [5, 5.41) is 11.0. The van der Waals surface area contributed by atoms with Crippen molar-refractivity contribution < 1.29 is 5.11 Å². The summed E-state index contributed by atoms with van der Waals surface area (Å²) < 4.78 is 0. The van der Waals surface area contributed by atoms with Gasteiger partial charge >= 0.3 is 0 Å². The van der Waals surface area contributed by atoms with Crippen molar-refractivity contribution >= 4 is 11.6 Å². The second-order valence-electron chi connectivity index (χ2n) is 5.71. The Morgan fingerprint density at radius 3 is 2.56 bits per heavy atom. The Balaban J connectivity index is 1.62. The van der Waals surface area contributed by atoms with Crippen LogP contribution in [0, 0.1) is 11.8 Å². The van der Waals surface area contributed by atoms with Crippen molar-refractivity contribution in [2.75, 3.05) is 19.6 Å². The average molecular weight is 266 g/mol. The molecule has 1 saturated heterocycles. The van der Waals surface area contributed by atoms with Gasteiger partial charge in [-0.2, -0.15) is 0 Å². The predicted octanol–water partition coefficient (Wildman–Crippen LogP) is 3.11. The van der Waals surface area contributed by atoms with Gasteiger partial charge in [-0.1, -0.05) is 36.2 Å². The molecular formula is C15H20ClNO. The minimum Gasteiger partial charge on any atom is -0.387 e. The molecule has 2 nitrogen and oxygen atoms in total. The van der Waals surface area contributed by atoms with E-state index < -0.39 is 6.10 Å². The van der Waals surface area contributed by atoms with Gasteiger partial charge in [0.2, 0.25) is 0 Å². The van der Waals surface area contributed by atoms with Crippen molar-refractivity contribution in [3.05, 3.63) is 34.9 Å². The molecule has 2 aliphatic rings. The topological polar surface area (TPSA) is 23.5 Å². The van der Waals surface area contributed by atoms with Crippen molar-refractivity contribution in [3.63, 3.8) is 0 Å². The van der Waals surface area contributed by atoms with E-state index in [4.69, 9.17) is 11.6 Å². The van der Waals surface area contributed by atoms with Gasteiger partial charge in [-0.05, 0) is 30.7 Å². The van der Waals surface area contributed by atoms with Crippen LogP contribution in [0.2, 0.25) is 5.02 Å². The maximum absolute atomic E-state index is 10.3. The highest BCUT2D eigenvalue weighted by Crippen LogP contribution is 2.38. The fraction of sp³-hybridized carbons (Fsp3) is 0.600. The van der Waals surface area contributed by atoms with Crippen LogP contribution in [0.5, 0.6) is 0 Å². The van der Waals surface area contributed by atoms with E-state index in [9.17, 15) is 5.11 Å². The number of aliphatic hydroxyl groups excluding tert-OH is 1. The zero-order valence-corrected chi connectivity index (χ0v) is 11.3. The normalized spacial score (nSPS) is 29.4. The van der Waals surface area contributed by atoms with E-state index >= 15 is 0 Å². The van der Waals surface area contributed by atoms with Crippen LogP contribution in [0.3, 0.4) is 0 Å². The molecule has 3 rings (SSSR count). The third-order valence-corrected chi connectivity index (χ3v) is 4.84. The number of fused-ring (bicyclic) bond motifs is 1. The third kappa shape index (κ3) is 2.42. The zero-order chi connectivity index (χ0) is 12.5. The number of likely N-dealkylation sites (tertiary alicyclic amines) is 1. The summed E-state index contributed by atoms with van der Waals surface area (Å²) in [6.07, 6.45) is 3.70. The van der Waals surface area contributed by atoms with Crippen molar-refractivity contribution in [2.24, 2.45) is 11.8 Å². The molecule has 3 unspecified atom stereocenters. The van der Waals surface area contributed by atoms with Crippen molar-refractivity contribution in [1.29, 1.82) is 0 Å². The highest BCUT2D eigenvalue weighted by atomic mass is 35.5. The molecule has 2 fully saturated rings. The maximum Gasteiger partial charge on any atom is 0.0931 e. The molecule has 0 bridgehead atoms. The first kappa shape index (κ1) is 12.5. The second kappa shape index (κ2) is 5.20. The van der Waals surface area contributed by atoms with Crippen LogP contribution in [0.4, 0.5) is 0 Å². The van der Waals surface area contributed by atoms with Crippen LogP contribution < -0.4 is 0 Å². The molecule has 0 spiro atoms. The number of hydrogen-bond donors (Lipinski definition) is 1. The average Bonchev–Trinajstić information content (AvgIpc) is 2.90. The molecule has 1 saturated carbocycles. The highest BCUT2D eigenvalue weighted by Gasteiger charge is 2.36. The highest BCUT2D eigenvalue weighted by molar-refractivity contribution is 6.31. The fourth-order valence-corrected chi connectivity index (χ4v) is 3.83. The minimum absolute atomic E-state index is 0.461. The van der Waals surface area contributed by atoms with Crippen LogP contribution in [-0.2, 0) is 0 Å². The Hall–Kier alpha value is -0.570. The van der Waals surface area contributed by atoms with Crippen LogP contribution in [0.25, 0.3) is 0 Å². The molecule has 0 radical (unpaired) electrons. The van der Waals surface area contributed by atoms with E-state index in [1.54, 1.807) is 0 Å². The lowest BCUT2D eigenvalue weighted by Crippen LogP contribution is -2.27. The number of benzene rings is 1. The van der Waals surface area contributed by atoms with Gasteiger partial charge in [0.1, 0.15) is 0 Å². The van der Waals surface area contributed by atoms with Gasteiger partial charge in [0.15, 0.2) is 0 Å². The molecule has 1 aliphatic carbocycles. The largest absolute Gasteiger partial charge is 0.387 e. The summed E-state index contributed by atoms with van der Waals surface area (Å²) in [4.78, 5) is 2.41. The fourth-order valence-electron chi connectivity index (χ4n) is 3.57. The number of rotatable bonds is 3. The lowest BCUT2D eigenvalue weighted by molar-refractivity contribution is 0.122. The number of aliphatic hydroxyl groups is 1. The maximum atomic E-state index is 10.3. The first-order valence-corrected chi connectivity index (χ1v) is 7.26. The Kier molecular flexibility index (Phi) is 3.60. The number of β-amino-alcohol motifs (C(OH)–C–C–N with tert-alkyl or cyclic N) is 1. The van der Waals surface area contributed by atoms with Crippen molar-refractivity contribution in [1.82, 2.24) is 4.90 Å². The van der Waals surface area contributed by atoms with E-state index in [-0.39, 0.29) is 0 Å². The van der Waals surface area contributed by atoms with E-state index in [0.717, 1.165) is 37.0 Å².